The molecule has 3 heteroatoms. The summed E-state index contributed by atoms with van der Waals surface area (Å²) >= 11 is 0. The highest BCUT2D eigenvalue weighted by Crippen LogP contribution is 2.45. The summed E-state index contributed by atoms with van der Waals surface area (Å²) in [6, 6.07) is 7.33. The summed E-state index contributed by atoms with van der Waals surface area (Å²) in [6.45, 7) is 6.74. The highest BCUT2D eigenvalue weighted by atomic mass is 16.5. The van der Waals surface area contributed by atoms with Gasteiger partial charge < -0.3 is 10.1 Å². The first-order chi connectivity index (χ1) is 9.29. The molecule has 0 bridgehead atoms. The van der Waals surface area contributed by atoms with Gasteiger partial charge in [0.05, 0.1) is 7.11 Å². The van der Waals surface area contributed by atoms with E-state index in [-0.39, 0.29) is 0 Å². The topological polar surface area (TPSA) is 24.5 Å². The van der Waals surface area contributed by atoms with E-state index in [1.165, 1.54) is 37.1 Å². The Labute approximate surface area is 115 Å². The van der Waals surface area contributed by atoms with Gasteiger partial charge in [-0.1, -0.05) is 12.1 Å². The fourth-order valence-electron chi connectivity index (χ4n) is 3.24. The Balaban J connectivity index is 1.84. The van der Waals surface area contributed by atoms with E-state index in [1.54, 1.807) is 7.11 Å². The van der Waals surface area contributed by atoms with Gasteiger partial charge in [0.15, 0.2) is 0 Å². The molecule has 0 spiro atoms. The molecule has 1 heterocycles. The van der Waals surface area contributed by atoms with Crippen molar-refractivity contribution in [3.05, 3.63) is 29.3 Å². The molecule has 0 aromatic heterocycles. The van der Waals surface area contributed by atoms with Crippen LogP contribution in [0.1, 0.15) is 30.0 Å². The monoisotopic (exact) mass is 260 g/mol. The molecule has 1 saturated carbocycles. The standard InChI is InChI=1S/C16H24N2O/c1-12-11-14(5-6-15(12)19-2)16(13-3-4-13)18-9-7-17-8-10-18/h5-6,11,13,16-17H,3-4,7-10H2,1-2H3. The number of rotatable bonds is 4. The van der Waals surface area contributed by atoms with Crippen LogP contribution in [0, 0.1) is 12.8 Å². The summed E-state index contributed by atoms with van der Waals surface area (Å²) in [5, 5.41) is 3.45. The first-order valence-corrected chi connectivity index (χ1v) is 7.39. The number of benzene rings is 1. The van der Waals surface area contributed by atoms with Crippen LogP contribution in [0.2, 0.25) is 0 Å². The third-order valence-electron chi connectivity index (χ3n) is 4.37. The molecule has 0 radical (unpaired) electrons. The molecule has 0 amide bonds. The summed E-state index contributed by atoms with van der Waals surface area (Å²) in [7, 11) is 1.75. The Morgan fingerprint density at radius 1 is 1.26 bits per heavy atom. The van der Waals surface area contributed by atoms with E-state index in [0.29, 0.717) is 6.04 Å². The lowest BCUT2D eigenvalue weighted by Gasteiger charge is -2.35. The largest absolute Gasteiger partial charge is 0.496 e. The Kier molecular flexibility index (Phi) is 3.76. The molecule has 3 nitrogen and oxygen atoms in total. The Morgan fingerprint density at radius 2 is 2.00 bits per heavy atom. The SMILES string of the molecule is COc1ccc(C(C2CC2)N2CCNCC2)cc1C. The molecule has 1 saturated heterocycles. The molecule has 2 aliphatic rings. The van der Waals surface area contributed by atoms with Gasteiger partial charge in [-0.2, -0.15) is 0 Å². The molecule has 1 aromatic rings. The van der Waals surface area contributed by atoms with Crippen LogP contribution in [0.4, 0.5) is 0 Å². The van der Waals surface area contributed by atoms with Crippen LogP contribution >= 0.6 is 0 Å². The maximum atomic E-state index is 5.38. The molecular weight excluding hydrogens is 236 g/mol. The number of nitrogens with zero attached hydrogens (tertiary/aromatic N) is 1. The lowest BCUT2D eigenvalue weighted by Crippen LogP contribution is -2.45. The van der Waals surface area contributed by atoms with Crippen LogP contribution < -0.4 is 10.1 Å². The lowest BCUT2D eigenvalue weighted by molar-refractivity contribution is 0.156. The molecule has 104 valence electrons. The molecule has 1 aromatic carbocycles. The predicted molar refractivity (Wildman–Crippen MR) is 77.6 cm³/mol. The van der Waals surface area contributed by atoms with Crippen LogP contribution in [0.25, 0.3) is 0 Å². The van der Waals surface area contributed by atoms with E-state index >= 15 is 0 Å². The van der Waals surface area contributed by atoms with Gasteiger partial charge in [-0.25, -0.2) is 0 Å². The van der Waals surface area contributed by atoms with Gasteiger partial charge in [0.1, 0.15) is 5.75 Å². The van der Waals surface area contributed by atoms with E-state index in [9.17, 15) is 0 Å². The highest BCUT2D eigenvalue weighted by Gasteiger charge is 2.36. The quantitative estimate of drug-likeness (QED) is 0.899. The zero-order chi connectivity index (χ0) is 13.2. The van der Waals surface area contributed by atoms with Gasteiger partial charge in [-0.15, -0.1) is 0 Å². The minimum atomic E-state index is 0.617. The fourth-order valence-corrected chi connectivity index (χ4v) is 3.24. The Hall–Kier alpha value is -1.06. The van der Waals surface area contributed by atoms with Crippen LogP contribution in [0.3, 0.4) is 0 Å². The van der Waals surface area contributed by atoms with Gasteiger partial charge in [-0.05, 0) is 42.9 Å². The third-order valence-corrected chi connectivity index (χ3v) is 4.37. The van der Waals surface area contributed by atoms with E-state index in [2.05, 4.69) is 35.3 Å². The number of aryl methyl sites for hydroxylation is 1. The second kappa shape index (κ2) is 5.51. The molecule has 1 aliphatic carbocycles. The first-order valence-electron chi connectivity index (χ1n) is 7.39. The lowest BCUT2D eigenvalue weighted by atomic mass is 9.98. The van der Waals surface area contributed by atoms with Crippen molar-refractivity contribution in [3.63, 3.8) is 0 Å². The Bertz CT molecular complexity index is 436. The van der Waals surface area contributed by atoms with Crippen molar-refractivity contribution >= 4 is 0 Å². The summed E-state index contributed by atoms with van der Waals surface area (Å²) in [5.74, 6) is 1.87. The van der Waals surface area contributed by atoms with Crippen molar-refractivity contribution < 1.29 is 4.74 Å². The van der Waals surface area contributed by atoms with Crippen LogP contribution in [0.5, 0.6) is 5.75 Å². The molecule has 2 fully saturated rings. The molecule has 3 rings (SSSR count). The van der Waals surface area contributed by atoms with E-state index in [0.717, 1.165) is 24.8 Å². The van der Waals surface area contributed by atoms with Crippen molar-refractivity contribution in [1.29, 1.82) is 0 Å². The fraction of sp³-hybridized carbons (Fsp3) is 0.625. The smallest absolute Gasteiger partial charge is 0.121 e. The van der Waals surface area contributed by atoms with Crippen molar-refractivity contribution in [3.8, 4) is 5.75 Å². The maximum absolute atomic E-state index is 5.38. The summed E-state index contributed by atoms with van der Waals surface area (Å²) in [4.78, 5) is 2.66. The van der Waals surface area contributed by atoms with Gasteiger partial charge in [0.2, 0.25) is 0 Å². The summed E-state index contributed by atoms with van der Waals surface area (Å²) in [6.07, 6.45) is 2.78. The maximum Gasteiger partial charge on any atom is 0.121 e. The minimum Gasteiger partial charge on any atom is -0.496 e. The molecule has 1 atom stereocenters. The van der Waals surface area contributed by atoms with Crippen molar-refractivity contribution in [2.75, 3.05) is 33.3 Å². The summed E-state index contributed by atoms with van der Waals surface area (Å²) in [5.41, 5.74) is 2.73. The van der Waals surface area contributed by atoms with Crippen molar-refractivity contribution in [2.45, 2.75) is 25.8 Å². The highest BCUT2D eigenvalue weighted by molar-refractivity contribution is 5.38. The first kappa shape index (κ1) is 12.9. The molecule has 1 aliphatic heterocycles. The van der Waals surface area contributed by atoms with Gasteiger partial charge in [-0.3, -0.25) is 4.90 Å². The number of nitrogens with one attached hydrogen (secondary N) is 1. The molecule has 1 N–H and O–H groups in total. The minimum absolute atomic E-state index is 0.617. The van der Waals surface area contributed by atoms with Gasteiger partial charge in [0, 0.05) is 32.2 Å². The van der Waals surface area contributed by atoms with Crippen molar-refractivity contribution in [1.82, 2.24) is 10.2 Å². The molecule has 1 unspecified atom stereocenters. The van der Waals surface area contributed by atoms with Gasteiger partial charge in [0.25, 0.3) is 0 Å². The van der Waals surface area contributed by atoms with E-state index in [1.807, 2.05) is 0 Å². The number of hydrogen-bond acceptors (Lipinski definition) is 3. The zero-order valence-electron chi connectivity index (χ0n) is 12.0. The van der Waals surface area contributed by atoms with Crippen molar-refractivity contribution in [2.24, 2.45) is 5.92 Å². The number of hydrogen-bond donors (Lipinski definition) is 1. The molecular formula is C16H24N2O. The predicted octanol–water partition coefficient (Wildman–Crippen LogP) is 2.36. The van der Waals surface area contributed by atoms with Crippen LogP contribution in [-0.4, -0.2) is 38.2 Å². The van der Waals surface area contributed by atoms with Gasteiger partial charge >= 0.3 is 0 Å². The average Bonchev–Trinajstić information content (AvgIpc) is 3.25. The van der Waals surface area contributed by atoms with Crippen LogP contribution in [-0.2, 0) is 0 Å². The second-order valence-electron chi connectivity index (χ2n) is 5.80. The number of methoxy groups -OCH3 is 1. The normalized spacial score (nSPS) is 22.2. The van der Waals surface area contributed by atoms with Crippen LogP contribution in [0.15, 0.2) is 18.2 Å². The number of piperazine rings is 1. The Morgan fingerprint density at radius 3 is 2.58 bits per heavy atom. The second-order valence-corrected chi connectivity index (χ2v) is 5.80. The van der Waals surface area contributed by atoms with E-state index < -0.39 is 0 Å². The average molecular weight is 260 g/mol. The zero-order valence-corrected chi connectivity index (χ0v) is 12.0. The third kappa shape index (κ3) is 2.77. The molecule has 19 heavy (non-hydrogen) atoms. The van der Waals surface area contributed by atoms with E-state index in [4.69, 9.17) is 4.74 Å². The summed E-state index contributed by atoms with van der Waals surface area (Å²) < 4.78 is 5.38. The number of ether oxygens (including phenoxy) is 1.